The van der Waals surface area contributed by atoms with Crippen LogP contribution in [0.3, 0.4) is 0 Å². The summed E-state index contributed by atoms with van der Waals surface area (Å²) in [6.45, 7) is 6.82. The average molecular weight is 272 g/mol. The fourth-order valence-corrected chi connectivity index (χ4v) is 2.74. The maximum Gasteiger partial charge on any atom is 0.166 e. The van der Waals surface area contributed by atoms with Crippen LogP contribution in [-0.2, 0) is 4.74 Å². The second kappa shape index (κ2) is 9.56. The SMILES string of the molecule is CCOCCCNC(=S)NC1CCC(CC)CC1. The Morgan fingerprint density at radius 1 is 1.22 bits per heavy atom. The first-order valence-electron chi connectivity index (χ1n) is 7.38. The van der Waals surface area contributed by atoms with E-state index in [2.05, 4.69) is 17.6 Å². The fraction of sp³-hybridized carbons (Fsp3) is 0.929. The Bertz CT molecular complexity index is 228. The molecule has 0 heterocycles. The van der Waals surface area contributed by atoms with E-state index in [4.69, 9.17) is 17.0 Å². The Morgan fingerprint density at radius 2 is 1.94 bits per heavy atom. The number of thiocarbonyl (C=S) groups is 1. The summed E-state index contributed by atoms with van der Waals surface area (Å²) in [6.07, 6.45) is 7.56. The van der Waals surface area contributed by atoms with Gasteiger partial charge in [-0.05, 0) is 57.2 Å². The second-order valence-corrected chi connectivity index (χ2v) is 5.48. The van der Waals surface area contributed by atoms with Gasteiger partial charge in [-0.1, -0.05) is 13.3 Å². The van der Waals surface area contributed by atoms with Crippen LogP contribution >= 0.6 is 12.2 Å². The van der Waals surface area contributed by atoms with E-state index in [1.54, 1.807) is 0 Å². The van der Waals surface area contributed by atoms with E-state index in [-0.39, 0.29) is 0 Å². The van der Waals surface area contributed by atoms with Crippen molar-refractivity contribution in [2.45, 2.75) is 58.4 Å². The third-order valence-corrected chi connectivity index (χ3v) is 3.98. The van der Waals surface area contributed by atoms with Gasteiger partial charge in [-0.3, -0.25) is 0 Å². The summed E-state index contributed by atoms with van der Waals surface area (Å²) in [4.78, 5) is 0. The Balaban J connectivity index is 2.02. The van der Waals surface area contributed by atoms with Gasteiger partial charge < -0.3 is 15.4 Å². The van der Waals surface area contributed by atoms with Crippen molar-refractivity contribution < 1.29 is 4.74 Å². The minimum absolute atomic E-state index is 0.583. The molecule has 0 aromatic rings. The molecule has 1 aliphatic carbocycles. The molecule has 1 fully saturated rings. The minimum Gasteiger partial charge on any atom is -0.382 e. The van der Waals surface area contributed by atoms with Gasteiger partial charge in [0.05, 0.1) is 0 Å². The van der Waals surface area contributed by atoms with Gasteiger partial charge in [-0.15, -0.1) is 0 Å². The summed E-state index contributed by atoms with van der Waals surface area (Å²) >= 11 is 5.31. The smallest absolute Gasteiger partial charge is 0.166 e. The van der Waals surface area contributed by atoms with Crippen LogP contribution in [0.4, 0.5) is 0 Å². The molecule has 0 bridgehead atoms. The van der Waals surface area contributed by atoms with Crippen molar-refractivity contribution in [3.63, 3.8) is 0 Å². The molecule has 0 amide bonds. The monoisotopic (exact) mass is 272 g/mol. The lowest BCUT2D eigenvalue weighted by Gasteiger charge is -2.29. The van der Waals surface area contributed by atoms with Gasteiger partial charge >= 0.3 is 0 Å². The van der Waals surface area contributed by atoms with Crippen molar-refractivity contribution >= 4 is 17.3 Å². The Kier molecular flexibility index (Phi) is 8.34. The first-order chi connectivity index (χ1) is 8.76. The molecule has 4 heteroatoms. The van der Waals surface area contributed by atoms with E-state index < -0.39 is 0 Å². The molecule has 18 heavy (non-hydrogen) atoms. The van der Waals surface area contributed by atoms with Crippen LogP contribution in [0, 0.1) is 5.92 Å². The third kappa shape index (κ3) is 6.55. The number of ether oxygens (including phenoxy) is 1. The molecule has 106 valence electrons. The Labute approximate surface area is 117 Å². The van der Waals surface area contributed by atoms with Gasteiger partial charge in [0.1, 0.15) is 0 Å². The highest BCUT2D eigenvalue weighted by atomic mass is 32.1. The van der Waals surface area contributed by atoms with Crippen molar-refractivity contribution in [1.82, 2.24) is 10.6 Å². The van der Waals surface area contributed by atoms with Crippen LogP contribution in [0.15, 0.2) is 0 Å². The van der Waals surface area contributed by atoms with E-state index in [0.717, 1.165) is 37.2 Å². The molecule has 0 aromatic heterocycles. The zero-order valence-corrected chi connectivity index (χ0v) is 12.7. The third-order valence-electron chi connectivity index (χ3n) is 3.71. The zero-order chi connectivity index (χ0) is 13.2. The maximum absolute atomic E-state index is 5.31. The highest BCUT2D eigenvalue weighted by Crippen LogP contribution is 2.26. The molecule has 0 spiro atoms. The first-order valence-corrected chi connectivity index (χ1v) is 7.79. The van der Waals surface area contributed by atoms with Gasteiger partial charge in [0, 0.05) is 25.8 Å². The van der Waals surface area contributed by atoms with E-state index in [1.165, 1.54) is 32.1 Å². The van der Waals surface area contributed by atoms with Crippen LogP contribution in [0.2, 0.25) is 0 Å². The molecule has 0 saturated heterocycles. The number of hydrogen-bond acceptors (Lipinski definition) is 2. The molecular formula is C14H28N2OS. The molecule has 1 rings (SSSR count). The lowest BCUT2D eigenvalue weighted by atomic mass is 9.85. The lowest BCUT2D eigenvalue weighted by molar-refractivity contribution is 0.145. The largest absolute Gasteiger partial charge is 0.382 e. The first kappa shape index (κ1) is 15.7. The highest BCUT2D eigenvalue weighted by molar-refractivity contribution is 7.80. The highest BCUT2D eigenvalue weighted by Gasteiger charge is 2.19. The normalized spacial score (nSPS) is 23.7. The lowest BCUT2D eigenvalue weighted by Crippen LogP contribution is -2.43. The summed E-state index contributed by atoms with van der Waals surface area (Å²) in [6, 6.07) is 0.583. The van der Waals surface area contributed by atoms with E-state index in [9.17, 15) is 0 Å². The molecular weight excluding hydrogens is 244 g/mol. The molecule has 1 saturated carbocycles. The maximum atomic E-state index is 5.31. The second-order valence-electron chi connectivity index (χ2n) is 5.08. The molecule has 0 aromatic carbocycles. The number of hydrogen-bond donors (Lipinski definition) is 2. The molecule has 0 radical (unpaired) electrons. The zero-order valence-electron chi connectivity index (χ0n) is 11.8. The van der Waals surface area contributed by atoms with Crippen molar-refractivity contribution in [3.8, 4) is 0 Å². The molecule has 2 N–H and O–H groups in total. The van der Waals surface area contributed by atoms with Crippen LogP contribution in [0.1, 0.15) is 52.4 Å². The van der Waals surface area contributed by atoms with Gasteiger partial charge in [0.15, 0.2) is 5.11 Å². The number of nitrogens with one attached hydrogen (secondary N) is 2. The van der Waals surface area contributed by atoms with Crippen LogP contribution < -0.4 is 10.6 Å². The van der Waals surface area contributed by atoms with Crippen LogP contribution in [0.25, 0.3) is 0 Å². The Morgan fingerprint density at radius 3 is 2.56 bits per heavy atom. The topological polar surface area (TPSA) is 33.3 Å². The summed E-state index contributed by atoms with van der Waals surface area (Å²) < 4.78 is 5.29. The van der Waals surface area contributed by atoms with E-state index >= 15 is 0 Å². The van der Waals surface area contributed by atoms with Gasteiger partial charge in [0.2, 0.25) is 0 Å². The van der Waals surface area contributed by atoms with Crippen molar-refractivity contribution in [1.29, 1.82) is 0 Å². The van der Waals surface area contributed by atoms with E-state index in [1.807, 2.05) is 6.92 Å². The van der Waals surface area contributed by atoms with Crippen molar-refractivity contribution in [3.05, 3.63) is 0 Å². The Hall–Kier alpha value is -0.350. The molecule has 0 unspecified atom stereocenters. The number of rotatable bonds is 7. The molecule has 0 atom stereocenters. The van der Waals surface area contributed by atoms with Gasteiger partial charge in [0.25, 0.3) is 0 Å². The van der Waals surface area contributed by atoms with Crippen LogP contribution in [0.5, 0.6) is 0 Å². The predicted molar refractivity (Wildman–Crippen MR) is 80.9 cm³/mol. The van der Waals surface area contributed by atoms with Crippen molar-refractivity contribution in [2.75, 3.05) is 19.8 Å². The summed E-state index contributed by atoms with van der Waals surface area (Å²) in [5.41, 5.74) is 0. The quantitative estimate of drug-likeness (QED) is 0.551. The van der Waals surface area contributed by atoms with Crippen LogP contribution in [-0.4, -0.2) is 30.9 Å². The standard InChI is InChI=1S/C14H28N2OS/c1-3-12-6-8-13(9-7-12)16-14(18)15-10-5-11-17-4-2/h12-13H,3-11H2,1-2H3,(H2,15,16,18). The molecule has 1 aliphatic rings. The van der Waals surface area contributed by atoms with Gasteiger partial charge in [-0.25, -0.2) is 0 Å². The molecule has 3 nitrogen and oxygen atoms in total. The van der Waals surface area contributed by atoms with E-state index in [0.29, 0.717) is 6.04 Å². The van der Waals surface area contributed by atoms with Crippen molar-refractivity contribution in [2.24, 2.45) is 5.92 Å². The summed E-state index contributed by atoms with van der Waals surface area (Å²) in [5.74, 6) is 0.941. The summed E-state index contributed by atoms with van der Waals surface area (Å²) in [5, 5.41) is 7.50. The van der Waals surface area contributed by atoms with Gasteiger partial charge in [-0.2, -0.15) is 0 Å². The average Bonchev–Trinajstić information content (AvgIpc) is 2.39. The predicted octanol–water partition coefficient (Wildman–Crippen LogP) is 2.85. The fourth-order valence-electron chi connectivity index (χ4n) is 2.47. The minimum atomic E-state index is 0.583. The molecule has 0 aliphatic heterocycles. The summed E-state index contributed by atoms with van der Waals surface area (Å²) in [7, 11) is 0.